The lowest BCUT2D eigenvalue weighted by Crippen LogP contribution is -2.13. The zero-order chi connectivity index (χ0) is 14.5. The second-order valence-electron chi connectivity index (χ2n) is 4.20. The molecule has 0 saturated carbocycles. The van der Waals surface area contributed by atoms with Crippen molar-refractivity contribution in [2.75, 3.05) is 12.4 Å². The first-order valence-electron chi connectivity index (χ1n) is 6.08. The molecule has 2 rings (SSSR count). The van der Waals surface area contributed by atoms with E-state index in [1.165, 1.54) is 25.3 Å². The third-order valence-corrected chi connectivity index (χ3v) is 2.85. The van der Waals surface area contributed by atoms with Crippen molar-refractivity contribution in [2.45, 2.75) is 6.54 Å². The molecule has 0 fully saturated rings. The summed E-state index contributed by atoms with van der Waals surface area (Å²) in [6.45, 7) is 0.342. The monoisotopic (exact) mass is 274 g/mol. The number of ether oxygens (including phenoxy) is 1. The molecular formula is C15H15FN2O2. The summed E-state index contributed by atoms with van der Waals surface area (Å²) in [5, 5.41) is 2.52. The van der Waals surface area contributed by atoms with Crippen LogP contribution in [-0.4, -0.2) is 13.0 Å². The summed E-state index contributed by atoms with van der Waals surface area (Å²) in [4.78, 5) is 12.1. The summed E-state index contributed by atoms with van der Waals surface area (Å²) in [6, 6.07) is 11.0. The van der Waals surface area contributed by atoms with E-state index in [1.807, 2.05) is 6.07 Å². The Morgan fingerprint density at radius 2 is 2.10 bits per heavy atom. The van der Waals surface area contributed by atoms with Crippen molar-refractivity contribution in [1.82, 2.24) is 0 Å². The van der Waals surface area contributed by atoms with Gasteiger partial charge in [0, 0.05) is 18.2 Å². The van der Waals surface area contributed by atoms with Crippen LogP contribution in [0.4, 0.5) is 10.1 Å². The summed E-state index contributed by atoms with van der Waals surface area (Å²) in [6.07, 6.45) is 0. The molecule has 2 aromatic rings. The first kappa shape index (κ1) is 14.0. The highest BCUT2D eigenvalue weighted by Gasteiger charge is 2.10. The molecule has 104 valence electrons. The molecule has 2 aromatic carbocycles. The first-order chi connectivity index (χ1) is 9.63. The maximum atomic E-state index is 13.6. The van der Waals surface area contributed by atoms with Crippen LogP contribution in [0, 0.1) is 5.82 Å². The number of rotatable bonds is 4. The first-order valence-corrected chi connectivity index (χ1v) is 6.08. The fourth-order valence-electron chi connectivity index (χ4n) is 1.76. The van der Waals surface area contributed by atoms with E-state index in [2.05, 4.69) is 5.32 Å². The minimum atomic E-state index is -0.519. The maximum absolute atomic E-state index is 13.6. The van der Waals surface area contributed by atoms with Crippen LogP contribution in [0.5, 0.6) is 5.75 Å². The Morgan fingerprint density at radius 3 is 2.80 bits per heavy atom. The van der Waals surface area contributed by atoms with Gasteiger partial charge in [-0.25, -0.2) is 4.39 Å². The lowest BCUT2D eigenvalue weighted by atomic mass is 10.1. The highest BCUT2D eigenvalue weighted by Crippen LogP contribution is 2.21. The molecule has 0 saturated heterocycles. The Bertz CT molecular complexity index is 629. The van der Waals surface area contributed by atoms with Gasteiger partial charge in [0.05, 0.1) is 12.8 Å². The van der Waals surface area contributed by atoms with Crippen molar-refractivity contribution in [3.8, 4) is 5.75 Å². The van der Waals surface area contributed by atoms with Gasteiger partial charge in [0.15, 0.2) is 0 Å². The third kappa shape index (κ3) is 3.13. The minimum Gasteiger partial charge on any atom is -0.497 e. The number of carbonyl (C=O) groups excluding carboxylic acids is 1. The second-order valence-corrected chi connectivity index (χ2v) is 4.20. The fourth-order valence-corrected chi connectivity index (χ4v) is 1.76. The molecule has 1 amide bonds. The molecule has 0 aliphatic carbocycles. The Hall–Kier alpha value is -2.40. The van der Waals surface area contributed by atoms with Crippen LogP contribution in [0.1, 0.15) is 15.9 Å². The molecule has 3 N–H and O–H groups in total. The number of methoxy groups -OCH3 is 1. The Balaban J connectivity index is 2.22. The van der Waals surface area contributed by atoms with Crippen LogP contribution in [-0.2, 0) is 6.54 Å². The average Bonchev–Trinajstić information content (AvgIpc) is 2.49. The van der Waals surface area contributed by atoms with E-state index in [4.69, 9.17) is 10.5 Å². The van der Waals surface area contributed by atoms with E-state index in [0.29, 0.717) is 17.9 Å². The summed E-state index contributed by atoms with van der Waals surface area (Å²) in [5.74, 6) is -0.445. The molecule has 0 heterocycles. The number of amides is 1. The smallest absolute Gasteiger partial charge is 0.255 e. The number of nitrogens with two attached hydrogens (primary N) is 1. The normalized spacial score (nSPS) is 10.2. The summed E-state index contributed by atoms with van der Waals surface area (Å²) in [7, 11) is 1.48. The van der Waals surface area contributed by atoms with E-state index >= 15 is 0 Å². The Kier molecular flexibility index (Phi) is 4.32. The molecule has 0 atom stereocenters. The van der Waals surface area contributed by atoms with Gasteiger partial charge in [0.2, 0.25) is 0 Å². The molecular weight excluding hydrogens is 259 g/mol. The van der Waals surface area contributed by atoms with Crippen LogP contribution in [0.3, 0.4) is 0 Å². The van der Waals surface area contributed by atoms with Gasteiger partial charge in [0.1, 0.15) is 11.6 Å². The Morgan fingerprint density at radius 1 is 1.30 bits per heavy atom. The molecule has 4 nitrogen and oxygen atoms in total. The predicted octanol–water partition coefficient (Wildman–Crippen LogP) is 2.55. The fraction of sp³-hybridized carbons (Fsp3) is 0.133. The minimum absolute atomic E-state index is 0.0764. The molecule has 0 aliphatic rings. The molecule has 5 heteroatoms. The number of anilines is 1. The third-order valence-electron chi connectivity index (χ3n) is 2.85. The van der Waals surface area contributed by atoms with Gasteiger partial charge in [-0.15, -0.1) is 0 Å². The topological polar surface area (TPSA) is 64.3 Å². The highest BCUT2D eigenvalue weighted by molar-refractivity contribution is 6.04. The average molecular weight is 274 g/mol. The number of halogens is 1. The number of hydrogen-bond donors (Lipinski definition) is 2. The molecule has 0 radical (unpaired) electrons. The van der Waals surface area contributed by atoms with Crippen molar-refractivity contribution in [3.05, 3.63) is 59.4 Å². The van der Waals surface area contributed by atoms with Crippen LogP contribution >= 0.6 is 0 Å². The molecule has 0 bridgehead atoms. The summed E-state index contributed by atoms with van der Waals surface area (Å²) < 4.78 is 18.6. The van der Waals surface area contributed by atoms with Crippen molar-refractivity contribution >= 4 is 11.6 Å². The van der Waals surface area contributed by atoms with E-state index in [1.54, 1.807) is 18.2 Å². The largest absolute Gasteiger partial charge is 0.497 e. The standard InChI is InChI=1S/C15H15FN2O2/c1-20-12-5-6-13(16)14(8-12)18-15(19)11-4-2-3-10(7-11)9-17/h2-8H,9,17H2,1H3,(H,18,19). The maximum Gasteiger partial charge on any atom is 0.255 e. The summed E-state index contributed by atoms with van der Waals surface area (Å²) >= 11 is 0. The van der Waals surface area contributed by atoms with E-state index in [9.17, 15) is 9.18 Å². The SMILES string of the molecule is COc1ccc(F)c(NC(=O)c2cccc(CN)c2)c1. The van der Waals surface area contributed by atoms with Gasteiger partial charge in [-0.3, -0.25) is 4.79 Å². The van der Waals surface area contributed by atoms with Gasteiger partial charge < -0.3 is 15.8 Å². The van der Waals surface area contributed by atoms with E-state index in [-0.39, 0.29) is 5.69 Å². The second kappa shape index (κ2) is 6.16. The van der Waals surface area contributed by atoms with Crippen molar-refractivity contribution in [3.63, 3.8) is 0 Å². The molecule has 0 aliphatic heterocycles. The Labute approximate surface area is 116 Å². The van der Waals surface area contributed by atoms with Crippen LogP contribution in [0.15, 0.2) is 42.5 Å². The number of benzene rings is 2. The molecule has 0 aromatic heterocycles. The zero-order valence-corrected chi connectivity index (χ0v) is 11.0. The highest BCUT2D eigenvalue weighted by atomic mass is 19.1. The van der Waals surface area contributed by atoms with Crippen LogP contribution in [0.2, 0.25) is 0 Å². The number of hydrogen-bond acceptors (Lipinski definition) is 3. The lowest BCUT2D eigenvalue weighted by Gasteiger charge is -2.09. The van der Waals surface area contributed by atoms with Gasteiger partial charge in [0.25, 0.3) is 5.91 Å². The lowest BCUT2D eigenvalue weighted by molar-refractivity contribution is 0.102. The molecule has 20 heavy (non-hydrogen) atoms. The zero-order valence-electron chi connectivity index (χ0n) is 11.0. The van der Waals surface area contributed by atoms with Gasteiger partial charge in [-0.05, 0) is 29.8 Å². The molecule has 0 spiro atoms. The van der Waals surface area contributed by atoms with E-state index < -0.39 is 11.7 Å². The van der Waals surface area contributed by atoms with Crippen LogP contribution in [0.25, 0.3) is 0 Å². The summed E-state index contributed by atoms with van der Waals surface area (Å²) in [5.41, 5.74) is 6.86. The predicted molar refractivity (Wildman–Crippen MR) is 75.2 cm³/mol. The van der Waals surface area contributed by atoms with E-state index in [0.717, 1.165) is 5.56 Å². The number of nitrogens with one attached hydrogen (secondary N) is 1. The number of carbonyl (C=O) groups is 1. The van der Waals surface area contributed by atoms with Gasteiger partial charge >= 0.3 is 0 Å². The van der Waals surface area contributed by atoms with Crippen molar-refractivity contribution < 1.29 is 13.9 Å². The van der Waals surface area contributed by atoms with Gasteiger partial charge in [-0.2, -0.15) is 0 Å². The molecule has 0 unspecified atom stereocenters. The van der Waals surface area contributed by atoms with Gasteiger partial charge in [-0.1, -0.05) is 12.1 Å². The quantitative estimate of drug-likeness (QED) is 0.900. The van der Waals surface area contributed by atoms with Crippen molar-refractivity contribution in [1.29, 1.82) is 0 Å². The van der Waals surface area contributed by atoms with Crippen LogP contribution < -0.4 is 15.8 Å². The van der Waals surface area contributed by atoms with Crippen molar-refractivity contribution in [2.24, 2.45) is 5.73 Å².